The number of aliphatic carboxylic acids is 1. The molecule has 3 rings (SSSR count). The molecule has 2 unspecified atom stereocenters. The van der Waals surface area contributed by atoms with Crippen LogP contribution >= 0.6 is 0 Å². The fraction of sp³-hybridized carbons (Fsp3) is 0.409. The topological polar surface area (TPSA) is 40.5 Å². The highest BCUT2D eigenvalue weighted by atomic mass is 19.4. The lowest BCUT2D eigenvalue weighted by Crippen LogP contribution is -2.39. The molecule has 168 valence electrons. The number of piperidine rings is 1. The lowest BCUT2D eigenvalue weighted by atomic mass is 9.82. The monoisotopic (exact) mass is 445 g/mol. The van der Waals surface area contributed by atoms with Crippen molar-refractivity contribution in [2.75, 3.05) is 13.1 Å². The van der Waals surface area contributed by atoms with E-state index in [-0.39, 0.29) is 24.8 Å². The fourth-order valence-electron chi connectivity index (χ4n) is 4.09. The third-order valence-electron chi connectivity index (χ3n) is 5.45. The molecule has 1 aliphatic rings. The van der Waals surface area contributed by atoms with E-state index in [1.807, 2.05) is 4.90 Å². The number of carbonyl (C=O) groups is 1. The Morgan fingerprint density at radius 2 is 1.58 bits per heavy atom. The average Bonchev–Trinajstić information content (AvgIpc) is 2.66. The summed E-state index contributed by atoms with van der Waals surface area (Å²) in [5.41, 5.74) is -0.436. The first-order valence-electron chi connectivity index (χ1n) is 9.69. The predicted octanol–water partition coefficient (Wildman–Crippen LogP) is 5.80. The molecule has 0 saturated carbocycles. The number of nitrogens with zero attached hydrogens (tertiary/aromatic N) is 1. The molecular weight excluding hydrogens is 424 g/mol. The Morgan fingerprint density at radius 3 is 2.16 bits per heavy atom. The van der Waals surface area contributed by atoms with Crippen LogP contribution in [0, 0.1) is 5.92 Å². The van der Waals surface area contributed by atoms with Gasteiger partial charge in [-0.3, -0.25) is 9.69 Å². The summed E-state index contributed by atoms with van der Waals surface area (Å²) < 4.78 is 77.6. The van der Waals surface area contributed by atoms with Crippen molar-refractivity contribution in [1.82, 2.24) is 4.90 Å². The van der Waals surface area contributed by atoms with Crippen LogP contribution in [-0.2, 0) is 23.7 Å². The molecular formula is C22H21F6NO2. The van der Waals surface area contributed by atoms with Gasteiger partial charge in [0.15, 0.2) is 0 Å². The number of carboxylic acids is 1. The number of hydrogen-bond donors (Lipinski definition) is 1. The van der Waals surface area contributed by atoms with Gasteiger partial charge in [0.05, 0.1) is 11.1 Å². The number of benzene rings is 2. The lowest BCUT2D eigenvalue weighted by Gasteiger charge is -2.38. The van der Waals surface area contributed by atoms with Crippen molar-refractivity contribution in [3.05, 3.63) is 70.8 Å². The van der Waals surface area contributed by atoms with E-state index in [4.69, 9.17) is 0 Å². The summed E-state index contributed by atoms with van der Waals surface area (Å²) >= 11 is 0. The Morgan fingerprint density at radius 1 is 0.935 bits per heavy atom. The minimum atomic E-state index is -4.48. The summed E-state index contributed by atoms with van der Waals surface area (Å²) in [6.45, 7) is 1.07. The van der Waals surface area contributed by atoms with E-state index in [0.29, 0.717) is 30.6 Å². The molecule has 2 aromatic carbocycles. The van der Waals surface area contributed by atoms with Crippen LogP contribution in [0.2, 0.25) is 0 Å². The van der Waals surface area contributed by atoms with E-state index in [2.05, 4.69) is 0 Å². The van der Waals surface area contributed by atoms with Crippen molar-refractivity contribution >= 4 is 5.97 Å². The minimum Gasteiger partial charge on any atom is -0.481 e. The van der Waals surface area contributed by atoms with E-state index in [0.717, 1.165) is 24.3 Å². The van der Waals surface area contributed by atoms with Crippen LogP contribution in [0.15, 0.2) is 48.5 Å². The predicted molar refractivity (Wildman–Crippen MR) is 101 cm³/mol. The van der Waals surface area contributed by atoms with Gasteiger partial charge < -0.3 is 5.11 Å². The summed E-state index contributed by atoms with van der Waals surface area (Å²) in [4.78, 5) is 13.1. The second-order valence-electron chi connectivity index (χ2n) is 7.91. The van der Waals surface area contributed by atoms with Gasteiger partial charge in [-0.25, -0.2) is 0 Å². The Bertz CT molecular complexity index is 907. The molecule has 0 radical (unpaired) electrons. The number of rotatable bonds is 5. The van der Waals surface area contributed by atoms with Crippen LogP contribution in [-0.4, -0.2) is 29.1 Å². The van der Waals surface area contributed by atoms with Crippen molar-refractivity contribution < 1.29 is 36.2 Å². The maximum absolute atomic E-state index is 13.1. The van der Waals surface area contributed by atoms with E-state index in [1.54, 1.807) is 6.07 Å². The highest BCUT2D eigenvalue weighted by Gasteiger charge is 2.34. The van der Waals surface area contributed by atoms with Gasteiger partial charge >= 0.3 is 18.3 Å². The third-order valence-corrected chi connectivity index (χ3v) is 5.45. The smallest absolute Gasteiger partial charge is 0.416 e. The normalized spacial score (nSPS) is 20.6. The zero-order chi connectivity index (χ0) is 22.8. The highest BCUT2D eigenvalue weighted by molar-refractivity contribution is 5.67. The zero-order valence-corrected chi connectivity index (χ0v) is 16.4. The summed E-state index contributed by atoms with van der Waals surface area (Å²) in [5.74, 6) is -1.58. The maximum Gasteiger partial charge on any atom is 0.416 e. The number of carboxylic acid groups (broad SMARTS) is 1. The van der Waals surface area contributed by atoms with Gasteiger partial charge in [-0.15, -0.1) is 0 Å². The van der Waals surface area contributed by atoms with E-state index in [9.17, 15) is 36.2 Å². The van der Waals surface area contributed by atoms with Gasteiger partial charge in [0, 0.05) is 26.1 Å². The summed E-state index contributed by atoms with van der Waals surface area (Å²) in [6, 6.07) is 9.70. The van der Waals surface area contributed by atoms with Crippen molar-refractivity contribution in [2.24, 2.45) is 5.92 Å². The van der Waals surface area contributed by atoms with Gasteiger partial charge in [-0.05, 0) is 47.6 Å². The molecule has 0 spiro atoms. The molecule has 1 aliphatic heterocycles. The quantitative estimate of drug-likeness (QED) is 0.591. The largest absolute Gasteiger partial charge is 0.481 e. The molecule has 2 atom stereocenters. The van der Waals surface area contributed by atoms with E-state index in [1.165, 1.54) is 18.2 Å². The minimum absolute atomic E-state index is 0.126. The van der Waals surface area contributed by atoms with Crippen LogP contribution in [0.4, 0.5) is 26.3 Å². The van der Waals surface area contributed by atoms with Crippen molar-refractivity contribution in [3.8, 4) is 0 Å². The van der Waals surface area contributed by atoms with Crippen molar-refractivity contribution in [3.63, 3.8) is 0 Å². The second-order valence-corrected chi connectivity index (χ2v) is 7.91. The Hall–Kier alpha value is -2.55. The van der Waals surface area contributed by atoms with Crippen LogP contribution < -0.4 is 0 Å². The third kappa shape index (κ3) is 6.22. The van der Waals surface area contributed by atoms with Crippen LogP contribution in [0.1, 0.15) is 41.0 Å². The second kappa shape index (κ2) is 8.90. The number of halogens is 6. The number of alkyl halides is 6. The molecule has 1 saturated heterocycles. The molecule has 1 fully saturated rings. The molecule has 2 aromatic rings. The number of hydrogen-bond acceptors (Lipinski definition) is 2. The fourth-order valence-corrected chi connectivity index (χ4v) is 4.09. The zero-order valence-electron chi connectivity index (χ0n) is 16.4. The molecule has 1 N–H and O–H groups in total. The maximum atomic E-state index is 13.1. The van der Waals surface area contributed by atoms with E-state index < -0.39 is 29.4 Å². The summed E-state index contributed by atoms with van der Waals surface area (Å²) in [6.07, 6.45) is -8.62. The molecule has 1 heterocycles. The molecule has 0 aliphatic carbocycles. The summed E-state index contributed by atoms with van der Waals surface area (Å²) in [5, 5.41) is 9.18. The van der Waals surface area contributed by atoms with Crippen LogP contribution in [0.5, 0.6) is 0 Å². The molecule has 9 heteroatoms. The molecule has 31 heavy (non-hydrogen) atoms. The molecule has 3 nitrogen and oxygen atoms in total. The standard InChI is InChI=1S/C22H21F6NO2/c23-21(24,25)18-6-4-14(5-7-18)11-29-12-15(9-20(30)31)8-17(13-29)16-2-1-3-19(10-16)22(26,27)28/h1-7,10,15,17H,8-9,11-13H2,(H,30,31). The van der Waals surface area contributed by atoms with Crippen LogP contribution in [0.25, 0.3) is 0 Å². The van der Waals surface area contributed by atoms with Crippen LogP contribution in [0.3, 0.4) is 0 Å². The van der Waals surface area contributed by atoms with Gasteiger partial charge in [0.2, 0.25) is 0 Å². The van der Waals surface area contributed by atoms with Gasteiger partial charge in [0.1, 0.15) is 0 Å². The highest BCUT2D eigenvalue weighted by Crippen LogP contribution is 2.36. The van der Waals surface area contributed by atoms with Gasteiger partial charge in [-0.2, -0.15) is 26.3 Å². The first-order valence-corrected chi connectivity index (χ1v) is 9.69. The average molecular weight is 445 g/mol. The SMILES string of the molecule is O=C(O)CC1CC(c2cccc(C(F)(F)F)c2)CN(Cc2ccc(C(F)(F)F)cc2)C1. The van der Waals surface area contributed by atoms with Gasteiger partial charge in [0.25, 0.3) is 0 Å². The number of likely N-dealkylation sites (tertiary alicyclic amines) is 1. The van der Waals surface area contributed by atoms with E-state index >= 15 is 0 Å². The Balaban J connectivity index is 1.80. The van der Waals surface area contributed by atoms with Gasteiger partial charge in [-0.1, -0.05) is 30.3 Å². The summed E-state index contributed by atoms with van der Waals surface area (Å²) in [7, 11) is 0. The first kappa shape index (κ1) is 23.1. The Labute approximate surface area is 175 Å². The molecule has 0 amide bonds. The van der Waals surface area contributed by atoms with Crippen molar-refractivity contribution in [1.29, 1.82) is 0 Å². The first-order chi connectivity index (χ1) is 14.4. The van der Waals surface area contributed by atoms with Crippen molar-refractivity contribution in [2.45, 2.75) is 37.7 Å². The molecule has 0 aromatic heterocycles. The molecule has 0 bridgehead atoms. The Kier molecular flexibility index (Phi) is 6.64. The lowest BCUT2D eigenvalue weighted by molar-refractivity contribution is -0.139.